The average Bonchev–Trinajstić information content (AvgIpc) is 2.84. The van der Waals surface area contributed by atoms with Crippen LogP contribution in [0.4, 0.5) is 10.2 Å². The Morgan fingerprint density at radius 2 is 2.00 bits per heavy atom. The number of benzene rings is 1. The van der Waals surface area contributed by atoms with E-state index in [2.05, 4.69) is 15.3 Å². The molecule has 3 aromatic rings. The summed E-state index contributed by atoms with van der Waals surface area (Å²) < 4.78 is 13.7. The largest absolute Gasteiger partial charge is 0.508 e. The van der Waals surface area contributed by atoms with Crippen molar-refractivity contribution in [2.24, 2.45) is 0 Å². The molecule has 2 heterocycles. The van der Waals surface area contributed by atoms with Crippen LogP contribution in [0, 0.1) is 5.82 Å². The molecular weight excluding hydrogens is 277 g/mol. The molecule has 0 aliphatic heterocycles. The Kier molecular flexibility index (Phi) is 3.47. The number of hydrogen-bond donors (Lipinski definition) is 2. The van der Waals surface area contributed by atoms with E-state index in [0.717, 1.165) is 12.0 Å². The summed E-state index contributed by atoms with van der Waals surface area (Å²) in [7, 11) is 0. The van der Waals surface area contributed by atoms with Crippen LogP contribution in [-0.2, 0) is 6.42 Å². The lowest BCUT2D eigenvalue weighted by atomic mass is 10.1. The molecule has 0 saturated heterocycles. The monoisotopic (exact) mass is 289 g/mol. The maximum atomic E-state index is 13.7. The summed E-state index contributed by atoms with van der Waals surface area (Å²) in [6.07, 6.45) is 2.19. The third kappa shape index (κ3) is 2.55. The number of fused-ring (bicyclic) bond motifs is 1. The van der Waals surface area contributed by atoms with Crippen LogP contribution >= 0.6 is 11.3 Å². The highest BCUT2D eigenvalue weighted by atomic mass is 32.1. The molecule has 0 aliphatic rings. The second-order valence-corrected chi connectivity index (χ2v) is 5.19. The van der Waals surface area contributed by atoms with Gasteiger partial charge in [0.2, 0.25) is 0 Å². The summed E-state index contributed by atoms with van der Waals surface area (Å²) in [5.41, 5.74) is 1.09. The van der Waals surface area contributed by atoms with Crippen LogP contribution in [0.1, 0.15) is 5.56 Å². The lowest BCUT2D eigenvalue weighted by Crippen LogP contribution is -2.07. The van der Waals surface area contributed by atoms with Crippen molar-refractivity contribution in [3.05, 3.63) is 47.4 Å². The van der Waals surface area contributed by atoms with Crippen molar-refractivity contribution >= 4 is 27.4 Å². The van der Waals surface area contributed by atoms with Gasteiger partial charge in [0.25, 0.3) is 0 Å². The van der Waals surface area contributed by atoms with E-state index >= 15 is 0 Å². The SMILES string of the molecule is Oc1ccc(CCNc2ncnc3scc(F)c23)cc1. The molecule has 2 N–H and O–H groups in total. The summed E-state index contributed by atoms with van der Waals surface area (Å²) in [6.45, 7) is 0.631. The standard InChI is InChI=1S/C14H12FN3OS/c15-11-7-20-14-12(11)13(17-8-18-14)16-6-5-9-1-3-10(19)4-2-9/h1-4,7-8,19H,5-6H2,(H,16,17,18). The molecular formula is C14H12FN3OS. The minimum Gasteiger partial charge on any atom is -0.508 e. The molecule has 20 heavy (non-hydrogen) atoms. The van der Waals surface area contributed by atoms with Crippen LogP contribution in [0.2, 0.25) is 0 Å². The lowest BCUT2D eigenvalue weighted by molar-refractivity contribution is 0.475. The predicted octanol–water partition coefficient (Wildman–Crippen LogP) is 3.19. The molecule has 0 amide bonds. The molecule has 3 rings (SSSR count). The Hall–Kier alpha value is -2.21. The first-order chi connectivity index (χ1) is 9.74. The topological polar surface area (TPSA) is 58.0 Å². The van der Waals surface area contributed by atoms with E-state index in [1.807, 2.05) is 12.1 Å². The number of anilines is 1. The van der Waals surface area contributed by atoms with Crippen LogP contribution < -0.4 is 5.32 Å². The quantitative estimate of drug-likeness (QED) is 0.774. The van der Waals surface area contributed by atoms with Gasteiger partial charge in [0.1, 0.15) is 28.5 Å². The fourth-order valence-electron chi connectivity index (χ4n) is 1.96. The number of phenolic OH excluding ortho intramolecular Hbond substituents is 1. The van der Waals surface area contributed by atoms with E-state index in [-0.39, 0.29) is 11.6 Å². The van der Waals surface area contributed by atoms with Gasteiger partial charge >= 0.3 is 0 Å². The number of aromatic nitrogens is 2. The number of aromatic hydroxyl groups is 1. The predicted molar refractivity (Wildman–Crippen MR) is 77.7 cm³/mol. The summed E-state index contributed by atoms with van der Waals surface area (Å²) in [5, 5.41) is 14.2. The first kappa shape index (κ1) is 12.8. The third-order valence-corrected chi connectivity index (χ3v) is 3.83. The Morgan fingerprint density at radius 3 is 2.80 bits per heavy atom. The van der Waals surface area contributed by atoms with E-state index in [0.29, 0.717) is 22.6 Å². The Balaban J connectivity index is 1.71. The number of rotatable bonds is 4. The number of phenols is 1. The minimum atomic E-state index is -0.294. The second kappa shape index (κ2) is 5.42. The van der Waals surface area contributed by atoms with Gasteiger partial charge < -0.3 is 10.4 Å². The Morgan fingerprint density at radius 1 is 1.20 bits per heavy atom. The highest BCUT2D eigenvalue weighted by Crippen LogP contribution is 2.27. The van der Waals surface area contributed by atoms with Crippen molar-refractivity contribution in [3.8, 4) is 5.75 Å². The molecule has 2 aromatic heterocycles. The van der Waals surface area contributed by atoms with Gasteiger partial charge in [0.15, 0.2) is 0 Å². The van der Waals surface area contributed by atoms with Crippen molar-refractivity contribution in [3.63, 3.8) is 0 Å². The molecule has 0 aliphatic carbocycles. The first-order valence-corrected chi connectivity index (χ1v) is 7.01. The molecule has 4 nitrogen and oxygen atoms in total. The highest BCUT2D eigenvalue weighted by Gasteiger charge is 2.10. The van der Waals surface area contributed by atoms with Crippen LogP contribution in [0.25, 0.3) is 10.2 Å². The summed E-state index contributed by atoms with van der Waals surface area (Å²) in [5.74, 6) is 0.477. The maximum absolute atomic E-state index is 13.7. The van der Waals surface area contributed by atoms with Gasteiger partial charge in [-0.25, -0.2) is 14.4 Å². The van der Waals surface area contributed by atoms with Gasteiger partial charge in [-0.2, -0.15) is 0 Å². The first-order valence-electron chi connectivity index (χ1n) is 6.13. The molecule has 0 spiro atoms. The molecule has 102 valence electrons. The number of nitrogens with one attached hydrogen (secondary N) is 1. The minimum absolute atomic E-state index is 0.250. The van der Waals surface area contributed by atoms with Gasteiger partial charge in [0.05, 0.1) is 5.39 Å². The molecule has 0 atom stereocenters. The van der Waals surface area contributed by atoms with Crippen molar-refractivity contribution in [1.29, 1.82) is 0 Å². The number of nitrogens with zero attached hydrogens (tertiary/aromatic N) is 2. The fraction of sp³-hybridized carbons (Fsp3) is 0.143. The van der Waals surface area contributed by atoms with Crippen LogP contribution in [0.3, 0.4) is 0 Å². The van der Waals surface area contributed by atoms with Gasteiger partial charge in [-0.3, -0.25) is 0 Å². The smallest absolute Gasteiger partial charge is 0.147 e. The molecule has 0 radical (unpaired) electrons. The van der Waals surface area contributed by atoms with Crippen LogP contribution in [0.5, 0.6) is 5.75 Å². The lowest BCUT2D eigenvalue weighted by Gasteiger charge is -2.06. The number of hydrogen-bond acceptors (Lipinski definition) is 5. The Bertz CT molecular complexity index is 727. The zero-order valence-electron chi connectivity index (χ0n) is 10.5. The van der Waals surface area contributed by atoms with E-state index in [4.69, 9.17) is 0 Å². The van der Waals surface area contributed by atoms with E-state index in [1.165, 1.54) is 23.0 Å². The summed E-state index contributed by atoms with van der Waals surface area (Å²) >= 11 is 1.27. The molecule has 0 bridgehead atoms. The van der Waals surface area contributed by atoms with Crippen molar-refractivity contribution < 1.29 is 9.50 Å². The summed E-state index contributed by atoms with van der Waals surface area (Å²) in [6, 6.07) is 7.02. The van der Waals surface area contributed by atoms with Crippen molar-refractivity contribution in [2.45, 2.75) is 6.42 Å². The molecule has 1 aromatic carbocycles. The Labute approximate surface area is 118 Å². The van der Waals surface area contributed by atoms with Gasteiger partial charge in [0, 0.05) is 11.9 Å². The molecule has 6 heteroatoms. The highest BCUT2D eigenvalue weighted by molar-refractivity contribution is 7.16. The average molecular weight is 289 g/mol. The van der Waals surface area contributed by atoms with Gasteiger partial charge in [-0.15, -0.1) is 11.3 Å². The van der Waals surface area contributed by atoms with E-state index in [1.54, 1.807) is 12.1 Å². The van der Waals surface area contributed by atoms with E-state index < -0.39 is 0 Å². The summed E-state index contributed by atoms with van der Waals surface area (Å²) in [4.78, 5) is 8.77. The number of thiophene rings is 1. The van der Waals surface area contributed by atoms with Crippen LogP contribution in [0.15, 0.2) is 36.0 Å². The zero-order valence-corrected chi connectivity index (χ0v) is 11.3. The molecule has 0 fully saturated rings. The maximum Gasteiger partial charge on any atom is 0.147 e. The third-order valence-electron chi connectivity index (χ3n) is 2.97. The van der Waals surface area contributed by atoms with Crippen molar-refractivity contribution in [1.82, 2.24) is 9.97 Å². The zero-order chi connectivity index (χ0) is 13.9. The van der Waals surface area contributed by atoms with Gasteiger partial charge in [-0.1, -0.05) is 12.1 Å². The number of halogens is 1. The fourth-order valence-corrected chi connectivity index (χ4v) is 2.72. The molecule has 0 saturated carbocycles. The van der Waals surface area contributed by atoms with Crippen LogP contribution in [-0.4, -0.2) is 21.6 Å². The normalized spacial score (nSPS) is 10.8. The second-order valence-electron chi connectivity index (χ2n) is 4.33. The van der Waals surface area contributed by atoms with E-state index in [9.17, 15) is 9.50 Å². The van der Waals surface area contributed by atoms with Crippen molar-refractivity contribution in [2.75, 3.05) is 11.9 Å². The van der Waals surface area contributed by atoms with Gasteiger partial charge in [-0.05, 0) is 24.1 Å². The molecule has 0 unspecified atom stereocenters.